The fraction of sp³-hybridized carbons (Fsp3) is 0.533. The average molecular weight is 252 g/mol. The van der Waals surface area contributed by atoms with Crippen molar-refractivity contribution in [3.8, 4) is 0 Å². The van der Waals surface area contributed by atoms with Gasteiger partial charge in [0.05, 0.1) is 0 Å². The van der Waals surface area contributed by atoms with Crippen LogP contribution < -0.4 is 0 Å². The first-order valence-electron chi connectivity index (χ1n) is 6.61. The summed E-state index contributed by atoms with van der Waals surface area (Å²) in [6.45, 7) is 0. The molecule has 0 heterocycles. The van der Waals surface area contributed by atoms with Crippen LogP contribution in [0.5, 0.6) is 0 Å². The van der Waals surface area contributed by atoms with Gasteiger partial charge in [0.2, 0.25) is 0 Å². The van der Waals surface area contributed by atoms with Crippen molar-refractivity contribution in [1.82, 2.24) is 0 Å². The molecule has 1 aliphatic carbocycles. The highest BCUT2D eigenvalue weighted by Gasteiger charge is 2.16. The molecule has 0 bridgehead atoms. The van der Waals surface area contributed by atoms with Crippen LogP contribution in [0.15, 0.2) is 18.2 Å². The Kier molecular flexibility index (Phi) is 4.45. The zero-order valence-corrected chi connectivity index (χ0v) is 10.4. The van der Waals surface area contributed by atoms with Crippen molar-refractivity contribution < 1.29 is 13.6 Å². The van der Waals surface area contributed by atoms with E-state index in [2.05, 4.69) is 0 Å². The summed E-state index contributed by atoms with van der Waals surface area (Å²) in [5, 5.41) is 0. The summed E-state index contributed by atoms with van der Waals surface area (Å²) in [6, 6.07) is 3.67. The van der Waals surface area contributed by atoms with Gasteiger partial charge in [-0.25, -0.2) is 8.78 Å². The lowest BCUT2D eigenvalue weighted by Gasteiger charge is -2.07. The number of rotatable bonds is 5. The number of halogens is 2. The van der Waals surface area contributed by atoms with E-state index < -0.39 is 11.6 Å². The SMILES string of the molecule is O=C(CCC1CCCC1)Cc1ccc(F)c(F)c1. The van der Waals surface area contributed by atoms with E-state index in [-0.39, 0.29) is 12.2 Å². The fourth-order valence-corrected chi connectivity index (χ4v) is 2.63. The van der Waals surface area contributed by atoms with Gasteiger partial charge in [-0.15, -0.1) is 0 Å². The molecule has 0 saturated heterocycles. The van der Waals surface area contributed by atoms with Crippen LogP contribution in [0.1, 0.15) is 44.1 Å². The third kappa shape index (κ3) is 3.62. The van der Waals surface area contributed by atoms with Crippen LogP contribution in [0.3, 0.4) is 0 Å². The number of Topliss-reactive ketones (excluding diaryl/α,β-unsaturated/α-hetero) is 1. The molecule has 0 unspecified atom stereocenters. The predicted molar refractivity (Wildman–Crippen MR) is 66.3 cm³/mol. The highest BCUT2D eigenvalue weighted by molar-refractivity contribution is 5.80. The second-order valence-electron chi connectivity index (χ2n) is 5.15. The molecule has 98 valence electrons. The van der Waals surface area contributed by atoms with E-state index in [1.807, 2.05) is 0 Å². The first kappa shape index (κ1) is 13.2. The van der Waals surface area contributed by atoms with Crippen LogP contribution >= 0.6 is 0 Å². The van der Waals surface area contributed by atoms with Crippen molar-refractivity contribution >= 4 is 5.78 Å². The van der Waals surface area contributed by atoms with Crippen LogP contribution in [0, 0.1) is 17.6 Å². The number of hydrogen-bond donors (Lipinski definition) is 0. The minimum Gasteiger partial charge on any atom is -0.299 e. The Morgan fingerprint density at radius 3 is 2.56 bits per heavy atom. The molecule has 1 aliphatic rings. The summed E-state index contributed by atoms with van der Waals surface area (Å²) in [6.07, 6.45) is 6.75. The van der Waals surface area contributed by atoms with E-state index in [0.29, 0.717) is 17.9 Å². The Balaban J connectivity index is 1.80. The minimum atomic E-state index is -0.879. The maximum atomic E-state index is 13.0. The van der Waals surface area contributed by atoms with E-state index in [1.165, 1.54) is 31.7 Å². The summed E-state index contributed by atoms with van der Waals surface area (Å²) in [5.41, 5.74) is 0.560. The summed E-state index contributed by atoms with van der Waals surface area (Å²) in [5.74, 6) is -0.931. The third-order valence-corrected chi connectivity index (χ3v) is 3.69. The molecule has 1 nitrogen and oxygen atoms in total. The predicted octanol–water partition coefficient (Wildman–Crippen LogP) is 4.05. The smallest absolute Gasteiger partial charge is 0.159 e. The first-order chi connectivity index (χ1) is 8.65. The minimum absolute atomic E-state index is 0.118. The molecule has 3 heteroatoms. The van der Waals surface area contributed by atoms with Crippen LogP contribution in [0.2, 0.25) is 0 Å². The van der Waals surface area contributed by atoms with Crippen molar-refractivity contribution in [2.45, 2.75) is 44.9 Å². The van der Waals surface area contributed by atoms with E-state index >= 15 is 0 Å². The molecule has 0 radical (unpaired) electrons. The molecular formula is C15H18F2O. The van der Waals surface area contributed by atoms with Crippen molar-refractivity contribution in [2.75, 3.05) is 0 Å². The first-order valence-corrected chi connectivity index (χ1v) is 6.61. The molecule has 0 aliphatic heterocycles. The van der Waals surface area contributed by atoms with Crippen LogP contribution in [-0.2, 0) is 11.2 Å². The Morgan fingerprint density at radius 1 is 1.17 bits per heavy atom. The van der Waals surface area contributed by atoms with Crippen molar-refractivity contribution in [2.24, 2.45) is 5.92 Å². The molecule has 1 saturated carbocycles. The van der Waals surface area contributed by atoms with Crippen LogP contribution in [0.4, 0.5) is 8.78 Å². The van der Waals surface area contributed by atoms with Gasteiger partial charge in [-0.2, -0.15) is 0 Å². The number of benzene rings is 1. The molecule has 0 aromatic heterocycles. The van der Waals surface area contributed by atoms with Gasteiger partial charge in [-0.1, -0.05) is 31.7 Å². The zero-order valence-electron chi connectivity index (χ0n) is 10.4. The fourth-order valence-electron chi connectivity index (χ4n) is 2.63. The van der Waals surface area contributed by atoms with E-state index in [0.717, 1.165) is 18.6 Å². The average Bonchev–Trinajstić information content (AvgIpc) is 2.84. The number of carbonyl (C=O) groups is 1. The molecular weight excluding hydrogens is 234 g/mol. The lowest BCUT2D eigenvalue weighted by molar-refractivity contribution is -0.118. The van der Waals surface area contributed by atoms with Crippen molar-refractivity contribution in [3.63, 3.8) is 0 Å². The van der Waals surface area contributed by atoms with E-state index in [4.69, 9.17) is 0 Å². The quantitative estimate of drug-likeness (QED) is 0.772. The second-order valence-corrected chi connectivity index (χ2v) is 5.15. The van der Waals surface area contributed by atoms with Gasteiger partial charge < -0.3 is 0 Å². The zero-order chi connectivity index (χ0) is 13.0. The summed E-state index contributed by atoms with van der Waals surface area (Å²) in [4.78, 5) is 11.7. The molecule has 0 N–H and O–H groups in total. The van der Waals surface area contributed by atoms with Gasteiger partial charge >= 0.3 is 0 Å². The standard InChI is InChI=1S/C15H18F2O/c16-14-8-6-12(10-15(14)17)9-13(18)7-5-11-3-1-2-4-11/h6,8,10-11H,1-5,7,9H2. The highest BCUT2D eigenvalue weighted by atomic mass is 19.2. The Hall–Kier alpha value is -1.25. The lowest BCUT2D eigenvalue weighted by Crippen LogP contribution is -2.06. The number of hydrogen-bond acceptors (Lipinski definition) is 1. The Labute approximate surface area is 106 Å². The molecule has 2 rings (SSSR count). The van der Waals surface area contributed by atoms with Gasteiger partial charge in [0.1, 0.15) is 5.78 Å². The van der Waals surface area contributed by atoms with Gasteiger partial charge in [0.15, 0.2) is 11.6 Å². The number of carbonyl (C=O) groups excluding carboxylic acids is 1. The molecule has 1 aromatic carbocycles. The Morgan fingerprint density at radius 2 is 1.89 bits per heavy atom. The molecule has 1 fully saturated rings. The summed E-state index contributed by atoms with van der Waals surface area (Å²) >= 11 is 0. The van der Waals surface area contributed by atoms with Crippen LogP contribution in [0.25, 0.3) is 0 Å². The van der Waals surface area contributed by atoms with Crippen molar-refractivity contribution in [3.05, 3.63) is 35.4 Å². The summed E-state index contributed by atoms with van der Waals surface area (Å²) < 4.78 is 25.7. The normalized spacial score (nSPS) is 16.1. The maximum absolute atomic E-state index is 13.0. The third-order valence-electron chi connectivity index (χ3n) is 3.69. The number of ketones is 1. The summed E-state index contributed by atoms with van der Waals surface area (Å²) in [7, 11) is 0. The maximum Gasteiger partial charge on any atom is 0.159 e. The van der Waals surface area contributed by atoms with Gasteiger partial charge in [-0.05, 0) is 30.0 Å². The van der Waals surface area contributed by atoms with Gasteiger partial charge in [-0.3, -0.25) is 4.79 Å². The van der Waals surface area contributed by atoms with Gasteiger partial charge in [0.25, 0.3) is 0 Å². The molecule has 1 aromatic rings. The second kappa shape index (κ2) is 6.07. The molecule has 0 spiro atoms. The van der Waals surface area contributed by atoms with Crippen LogP contribution in [-0.4, -0.2) is 5.78 Å². The Bertz CT molecular complexity index is 423. The van der Waals surface area contributed by atoms with Crippen molar-refractivity contribution in [1.29, 1.82) is 0 Å². The van der Waals surface area contributed by atoms with E-state index in [9.17, 15) is 13.6 Å². The van der Waals surface area contributed by atoms with E-state index in [1.54, 1.807) is 0 Å². The largest absolute Gasteiger partial charge is 0.299 e. The molecule has 0 atom stereocenters. The molecule has 18 heavy (non-hydrogen) atoms. The topological polar surface area (TPSA) is 17.1 Å². The monoisotopic (exact) mass is 252 g/mol. The molecule has 0 amide bonds. The lowest BCUT2D eigenvalue weighted by atomic mass is 9.97. The van der Waals surface area contributed by atoms with Gasteiger partial charge in [0, 0.05) is 12.8 Å². The highest BCUT2D eigenvalue weighted by Crippen LogP contribution is 2.28.